The molecule has 1 fully saturated rings. The first-order valence-corrected chi connectivity index (χ1v) is 6.80. The van der Waals surface area contributed by atoms with Crippen molar-refractivity contribution in [2.75, 3.05) is 12.4 Å². The third-order valence-electron chi connectivity index (χ3n) is 2.85. The lowest BCUT2D eigenvalue weighted by Crippen LogP contribution is -2.38. The molecule has 1 aliphatic carbocycles. The first-order valence-electron chi connectivity index (χ1n) is 6.00. The van der Waals surface area contributed by atoms with Crippen LogP contribution >= 0.6 is 15.9 Å². The number of methoxy groups -OCH3 is 1. The van der Waals surface area contributed by atoms with Gasteiger partial charge in [0.1, 0.15) is 11.8 Å². The minimum atomic E-state index is -0.245. The quantitative estimate of drug-likeness (QED) is 0.878. The van der Waals surface area contributed by atoms with E-state index in [-0.39, 0.29) is 11.9 Å². The van der Waals surface area contributed by atoms with E-state index < -0.39 is 0 Å². The largest absolute Gasteiger partial charge is 0.496 e. The van der Waals surface area contributed by atoms with Crippen LogP contribution < -0.4 is 15.4 Å². The lowest BCUT2D eigenvalue weighted by Gasteiger charge is -2.15. The van der Waals surface area contributed by atoms with Crippen LogP contribution in [0.1, 0.15) is 19.8 Å². The van der Waals surface area contributed by atoms with E-state index in [1.165, 1.54) is 0 Å². The van der Waals surface area contributed by atoms with Crippen LogP contribution in [0.4, 0.5) is 5.69 Å². The molecular formula is C13H17BrN2O2. The lowest BCUT2D eigenvalue weighted by molar-refractivity contribution is -0.121. The molecule has 0 bridgehead atoms. The fourth-order valence-electron chi connectivity index (χ4n) is 1.63. The molecule has 1 aromatic rings. The summed E-state index contributed by atoms with van der Waals surface area (Å²) in [6.45, 7) is 1.86. The van der Waals surface area contributed by atoms with Gasteiger partial charge in [-0.2, -0.15) is 0 Å². The minimum Gasteiger partial charge on any atom is -0.496 e. The number of ether oxygens (including phenoxy) is 1. The highest BCUT2D eigenvalue weighted by molar-refractivity contribution is 9.10. The zero-order valence-electron chi connectivity index (χ0n) is 10.5. The van der Waals surface area contributed by atoms with Crippen LogP contribution in [0.25, 0.3) is 0 Å². The third-order valence-corrected chi connectivity index (χ3v) is 3.47. The Balaban J connectivity index is 1.95. The molecule has 1 unspecified atom stereocenters. The predicted octanol–water partition coefficient (Wildman–Crippen LogP) is 2.54. The molecule has 1 aromatic carbocycles. The molecular weight excluding hydrogens is 296 g/mol. The number of carbonyl (C=O) groups is 1. The highest BCUT2D eigenvalue weighted by atomic mass is 79.9. The number of nitrogens with one attached hydrogen (secondary N) is 2. The highest BCUT2D eigenvalue weighted by Crippen LogP contribution is 2.28. The Bertz CT molecular complexity index is 447. The lowest BCUT2D eigenvalue weighted by atomic mass is 10.2. The Morgan fingerprint density at radius 3 is 2.78 bits per heavy atom. The molecule has 0 spiro atoms. The summed E-state index contributed by atoms with van der Waals surface area (Å²) in [6.07, 6.45) is 2.21. The van der Waals surface area contributed by atoms with Gasteiger partial charge in [-0.25, -0.2) is 0 Å². The highest BCUT2D eigenvalue weighted by Gasteiger charge is 2.25. The number of halogens is 1. The van der Waals surface area contributed by atoms with Gasteiger partial charge in [-0.3, -0.25) is 4.79 Å². The van der Waals surface area contributed by atoms with Crippen molar-refractivity contribution in [2.24, 2.45) is 0 Å². The van der Waals surface area contributed by atoms with Crippen LogP contribution in [-0.2, 0) is 4.79 Å². The molecule has 98 valence electrons. The molecule has 18 heavy (non-hydrogen) atoms. The summed E-state index contributed by atoms with van der Waals surface area (Å²) in [7, 11) is 1.62. The normalized spacial score (nSPS) is 15.9. The molecule has 2 rings (SSSR count). The fourth-order valence-corrected chi connectivity index (χ4v) is 2.17. The molecule has 0 aromatic heterocycles. The predicted molar refractivity (Wildman–Crippen MR) is 74.9 cm³/mol. The minimum absolute atomic E-state index is 0.0458. The van der Waals surface area contributed by atoms with Crippen molar-refractivity contribution in [1.82, 2.24) is 5.32 Å². The van der Waals surface area contributed by atoms with Crippen LogP contribution in [-0.4, -0.2) is 25.1 Å². The number of hydrogen-bond acceptors (Lipinski definition) is 3. The second kappa shape index (κ2) is 5.61. The summed E-state index contributed by atoms with van der Waals surface area (Å²) in [4.78, 5) is 11.8. The van der Waals surface area contributed by atoms with Crippen molar-refractivity contribution in [2.45, 2.75) is 31.8 Å². The van der Waals surface area contributed by atoms with E-state index >= 15 is 0 Å². The molecule has 0 aliphatic heterocycles. The standard InChI is InChI=1S/C13H17BrN2O2/c1-8(13(17)16-9-3-4-9)15-10-5-6-12(18-2)11(14)7-10/h5-9,15H,3-4H2,1-2H3,(H,16,17). The SMILES string of the molecule is COc1ccc(NC(C)C(=O)NC2CC2)cc1Br. The maximum absolute atomic E-state index is 11.8. The van der Waals surface area contributed by atoms with Gasteiger partial charge in [-0.05, 0) is 53.9 Å². The van der Waals surface area contributed by atoms with Crippen molar-refractivity contribution < 1.29 is 9.53 Å². The molecule has 2 N–H and O–H groups in total. The smallest absolute Gasteiger partial charge is 0.242 e. The third kappa shape index (κ3) is 3.38. The van der Waals surface area contributed by atoms with Crippen LogP contribution in [0, 0.1) is 0 Å². The summed E-state index contributed by atoms with van der Waals surface area (Å²) in [5.74, 6) is 0.820. The summed E-state index contributed by atoms with van der Waals surface area (Å²) in [5.41, 5.74) is 0.890. The molecule has 0 radical (unpaired) electrons. The number of rotatable bonds is 5. The second-order valence-corrected chi connectivity index (χ2v) is 5.35. The van der Waals surface area contributed by atoms with Gasteiger partial charge in [-0.15, -0.1) is 0 Å². The Hall–Kier alpha value is -1.23. The van der Waals surface area contributed by atoms with E-state index in [4.69, 9.17) is 4.74 Å². The summed E-state index contributed by atoms with van der Waals surface area (Å²) in [5, 5.41) is 6.14. The van der Waals surface area contributed by atoms with Crippen molar-refractivity contribution in [1.29, 1.82) is 0 Å². The maximum Gasteiger partial charge on any atom is 0.242 e. The first kappa shape index (κ1) is 13.2. The van der Waals surface area contributed by atoms with E-state index in [0.717, 1.165) is 28.8 Å². The van der Waals surface area contributed by atoms with Gasteiger partial charge < -0.3 is 15.4 Å². The Morgan fingerprint density at radius 2 is 2.22 bits per heavy atom. The van der Waals surface area contributed by atoms with E-state index in [0.29, 0.717) is 6.04 Å². The zero-order valence-corrected chi connectivity index (χ0v) is 12.1. The number of carbonyl (C=O) groups excluding carboxylic acids is 1. The molecule has 0 saturated heterocycles. The molecule has 1 atom stereocenters. The van der Waals surface area contributed by atoms with Crippen molar-refractivity contribution in [3.8, 4) is 5.75 Å². The van der Waals surface area contributed by atoms with Crippen molar-refractivity contribution in [3.05, 3.63) is 22.7 Å². The maximum atomic E-state index is 11.8. The Kier molecular flexibility index (Phi) is 4.11. The topological polar surface area (TPSA) is 50.4 Å². The van der Waals surface area contributed by atoms with Crippen LogP contribution in [0.2, 0.25) is 0 Å². The average Bonchev–Trinajstić information content (AvgIpc) is 3.13. The Morgan fingerprint density at radius 1 is 1.50 bits per heavy atom. The van der Waals surface area contributed by atoms with E-state index in [1.807, 2.05) is 25.1 Å². The monoisotopic (exact) mass is 312 g/mol. The molecule has 1 saturated carbocycles. The van der Waals surface area contributed by atoms with Gasteiger partial charge >= 0.3 is 0 Å². The van der Waals surface area contributed by atoms with E-state index in [2.05, 4.69) is 26.6 Å². The van der Waals surface area contributed by atoms with Crippen molar-refractivity contribution in [3.63, 3.8) is 0 Å². The molecule has 0 heterocycles. The van der Waals surface area contributed by atoms with Crippen molar-refractivity contribution >= 4 is 27.5 Å². The van der Waals surface area contributed by atoms with Crippen LogP contribution in [0.3, 0.4) is 0 Å². The average molecular weight is 313 g/mol. The molecule has 5 heteroatoms. The summed E-state index contributed by atoms with van der Waals surface area (Å²) < 4.78 is 6.02. The molecule has 1 aliphatic rings. The summed E-state index contributed by atoms with van der Waals surface area (Å²) in [6, 6.07) is 5.80. The fraction of sp³-hybridized carbons (Fsp3) is 0.462. The van der Waals surface area contributed by atoms with Gasteiger partial charge in [0.15, 0.2) is 0 Å². The number of hydrogen-bond donors (Lipinski definition) is 2. The van der Waals surface area contributed by atoms with Gasteiger partial charge in [0.2, 0.25) is 5.91 Å². The van der Waals surface area contributed by atoms with Gasteiger partial charge in [0, 0.05) is 11.7 Å². The van der Waals surface area contributed by atoms with E-state index in [1.54, 1.807) is 7.11 Å². The zero-order chi connectivity index (χ0) is 13.1. The van der Waals surface area contributed by atoms with Gasteiger partial charge in [-0.1, -0.05) is 0 Å². The van der Waals surface area contributed by atoms with Gasteiger partial charge in [0.05, 0.1) is 11.6 Å². The van der Waals surface area contributed by atoms with E-state index in [9.17, 15) is 4.79 Å². The number of anilines is 1. The molecule has 1 amide bonds. The van der Waals surface area contributed by atoms with Gasteiger partial charge in [0.25, 0.3) is 0 Å². The molecule has 4 nitrogen and oxygen atoms in total. The number of amides is 1. The van der Waals surface area contributed by atoms with Crippen LogP contribution in [0.15, 0.2) is 22.7 Å². The summed E-state index contributed by atoms with van der Waals surface area (Å²) >= 11 is 3.42. The Labute approximate surface area is 115 Å². The second-order valence-electron chi connectivity index (χ2n) is 4.50. The number of benzene rings is 1. The van der Waals surface area contributed by atoms with Crippen LogP contribution in [0.5, 0.6) is 5.75 Å². The first-order chi connectivity index (χ1) is 8.60.